The van der Waals surface area contributed by atoms with E-state index in [0.29, 0.717) is 28.3 Å². The minimum atomic E-state index is -3.80. The Labute approximate surface area is 184 Å². The van der Waals surface area contributed by atoms with E-state index in [9.17, 15) is 13.2 Å². The molecule has 0 amide bonds. The van der Waals surface area contributed by atoms with Crippen molar-refractivity contribution in [3.05, 3.63) is 90.4 Å². The van der Waals surface area contributed by atoms with E-state index in [2.05, 4.69) is 20.3 Å². The van der Waals surface area contributed by atoms with Gasteiger partial charge in [-0.3, -0.25) is 9.78 Å². The third-order valence-electron chi connectivity index (χ3n) is 4.61. The molecule has 10 heteroatoms. The van der Waals surface area contributed by atoms with Crippen LogP contribution in [0.3, 0.4) is 0 Å². The van der Waals surface area contributed by atoms with Gasteiger partial charge in [0.25, 0.3) is 5.91 Å². The van der Waals surface area contributed by atoms with Gasteiger partial charge < -0.3 is 0 Å². The zero-order valence-electron chi connectivity index (χ0n) is 17.0. The highest BCUT2D eigenvalue weighted by Gasteiger charge is 2.22. The van der Waals surface area contributed by atoms with Crippen molar-refractivity contribution >= 4 is 27.3 Å². The van der Waals surface area contributed by atoms with Crippen molar-refractivity contribution in [1.82, 2.24) is 14.8 Å². The molecule has 0 saturated carbocycles. The number of nitrogens with zero attached hydrogens (tertiary/aromatic N) is 5. The van der Waals surface area contributed by atoms with E-state index in [0.717, 1.165) is 5.56 Å². The first-order chi connectivity index (χ1) is 15.3. The van der Waals surface area contributed by atoms with Gasteiger partial charge in [-0.05, 0) is 43.3 Å². The first-order valence-corrected chi connectivity index (χ1v) is 11.0. The lowest BCUT2D eigenvalue weighted by Gasteiger charge is -2.07. The van der Waals surface area contributed by atoms with Crippen LogP contribution in [0.2, 0.25) is 0 Å². The van der Waals surface area contributed by atoms with Crippen molar-refractivity contribution in [3.8, 4) is 11.3 Å². The highest BCUT2D eigenvalue weighted by molar-refractivity contribution is 7.89. The summed E-state index contributed by atoms with van der Waals surface area (Å²) in [6.07, 6.45) is 3.06. The highest BCUT2D eigenvalue weighted by atomic mass is 32.2. The van der Waals surface area contributed by atoms with Crippen LogP contribution in [-0.4, -0.2) is 29.1 Å². The lowest BCUT2D eigenvalue weighted by Crippen LogP contribution is -2.15. The first-order valence-electron chi connectivity index (χ1n) is 9.49. The molecule has 0 fully saturated rings. The summed E-state index contributed by atoms with van der Waals surface area (Å²) in [6, 6.07) is 18.3. The number of pyridine rings is 1. The lowest BCUT2D eigenvalue weighted by atomic mass is 10.1. The smallest absolute Gasteiger partial charge is 0.267 e. The Kier molecular flexibility index (Phi) is 5.71. The van der Waals surface area contributed by atoms with Gasteiger partial charge in [0.15, 0.2) is 0 Å². The summed E-state index contributed by atoms with van der Waals surface area (Å²) < 4.78 is 24.2. The molecule has 4 aromatic rings. The number of primary sulfonamides is 1. The average Bonchev–Trinajstić information content (AvgIpc) is 3.14. The molecule has 0 spiro atoms. The average molecular weight is 446 g/mol. The molecule has 32 heavy (non-hydrogen) atoms. The number of carbonyl (C=O) groups excluding carboxylic acids is 1. The summed E-state index contributed by atoms with van der Waals surface area (Å²) in [5, 5.41) is 18.1. The maximum atomic E-state index is 13.1. The van der Waals surface area contributed by atoms with Crippen LogP contribution in [0.25, 0.3) is 11.3 Å². The zero-order valence-corrected chi connectivity index (χ0v) is 17.8. The van der Waals surface area contributed by atoms with Crippen LogP contribution in [0.4, 0.5) is 11.4 Å². The molecular weight excluding hydrogens is 428 g/mol. The fourth-order valence-electron chi connectivity index (χ4n) is 3.06. The van der Waals surface area contributed by atoms with Crippen LogP contribution in [0.5, 0.6) is 0 Å². The number of aromatic nitrogens is 3. The molecule has 0 aliphatic carbocycles. The molecule has 0 saturated heterocycles. The Hall–Kier alpha value is -4.02. The van der Waals surface area contributed by atoms with Crippen molar-refractivity contribution in [1.29, 1.82) is 0 Å². The van der Waals surface area contributed by atoms with Gasteiger partial charge in [0.2, 0.25) is 10.0 Å². The SMILES string of the molecule is Cc1nn(C(=O)c2cccnc2)c(-c2ccccc2)c1N=Nc1ccc(S(N)(=O)=O)cc1. The van der Waals surface area contributed by atoms with Crippen molar-refractivity contribution in [3.63, 3.8) is 0 Å². The minimum Gasteiger partial charge on any atom is -0.267 e. The number of aryl methyl sites for hydroxylation is 1. The second-order valence-corrected chi connectivity index (χ2v) is 8.41. The number of sulfonamides is 1. The summed E-state index contributed by atoms with van der Waals surface area (Å²) in [7, 11) is -3.80. The largest absolute Gasteiger partial charge is 0.280 e. The number of rotatable bonds is 5. The Morgan fingerprint density at radius 3 is 2.31 bits per heavy atom. The molecule has 2 aromatic carbocycles. The van der Waals surface area contributed by atoms with Crippen LogP contribution in [0.15, 0.2) is 94.2 Å². The molecule has 0 aliphatic heterocycles. The zero-order chi connectivity index (χ0) is 22.7. The van der Waals surface area contributed by atoms with Crippen LogP contribution in [0, 0.1) is 6.92 Å². The van der Waals surface area contributed by atoms with Gasteiger partial charge >= 0.3 is 0 Å². The molecule has 0 bridgehead atoms. The summed E-state index contributed by atoms with van der Waals surface area (Å²) >= 11 is 0. The molecule has 0 atom stereocenters. The fraction of sp³-hybridized carbons (Fsp3) is 0.0455. The molecule has 2 heterocycles. The van der Waals surface area contributed by atoms with Gasteiger partial charge in [-0.15, -0.1) is 5.11 Å². The van der Waals surface area contributed by atoms with Crippen molar-refractivity contribution in [2.24, 2.45) is 15.4 Å². The Balaban J connectivity index is 1.79. The van der Waals surface area contributed by atoms with E-state index in [4.69, 9.17) is 5.14 Å². The van der Waals surface area contributed by atoms with Crippen molar-refractivity contribution in [2.45, 2.75) is 11.8 Å². The van der Waals surface area contributed by atoms with E-state index >= 15 is 0 Å². The van der Waals surface area contributed by atoms with Gasteiger partial charge in [-0.25, -0.2) is 13.6 Å². The predicted octanol–water partition coefficient (Wildman–Crippen LogP) is 4.00. The second-order valence-electron chi connectivity index (χ2n) is 6.85. The Morgan fingerprint density at radius 1 is 0.969 bits per heavy atom. The summed E-state index contributed by atoms with van der Waals surface area (Å²) in [5.74, 6) is -0.348. The monoisotopic (exact) mass is 446 g/mol. The van der Waals surface area contributed by atoms with Gasteiger partial charge in [-0.1, -0.05) is 30.3 Å². The van der Waals surface area contributed by atoms with E-state index in [1.165, 1.54) is 35.1 Å². The van der Waals surface area contributed by atoms with E-state index in [1.807, 2.05) is 30.3 Å². The first kappa shape index (κ1) is 21.2. The molecular formula is C22H18N6O3S. The van der Waals surface area contributed by atoms with Gasteiger partial charge in [0, 0.05) is 18.0 Å². The Morgan fingerprint density at radius 2 is 1.69 bits per heavy atom. The van der Waals surface area contributed by atoms with Gasteiger partial charge in [-0.2, -0.15) is 14.9 Å². The molecule has 0 radical (unpaired) electrons. The fourth-order valence-corrected chi connectivity index (χ4v) is 3.58. The number of benzene rings is 2. The quantitative estimate of drug-likeness (QED) is 0.463. The number of azo groups is 1. The number of hydrogen-bond donors (Lipinski definition) is 1. The maximum absolute atomic E-state index is 13.1. The lowest BCUT2D eigenvalue weighted by molar-refractivity contribution is 0.0946. The highest BCUT2D eigenvalue weighted by Crippen LogP contribution is 2.35. The van der Waals surface area contributed by atoms with Gasteiger partial charge in [0.05, 0.1) is 21.8 Å². The molecule has 0 unspecified atom stereocenters. The number of hydrogen-bond acceptors (Lipinski definition) is 7. The van der Waals surface area contributed by atoms with E-state index in [-0.39, 0.29) is 10.8 Å². The standard InChI is InChI=1S/C22H18N6O3S/c1-15-20(26-25-18-9-11-19(12-10-18)32(23,30)31)21(16-6-3-2-4-7-16)28(27-15)22(29)17-8-5-13-24-14-17/h2-14H,1H3,(H2,23,30,31). The third kappa shape index (κ3) is 4.36. The summed E-state index contributed by atoms with van der Waals surface area (Å²) in [5.41, 5.74) is 2.96. The molecule has 2 N–H and O–H groups in total. The van der Waals surface area contributed by atoms with Crippen molar-refractivity contribution < 1.29 is 13.2 Å². The van der Waals surface area contributed by atoms with E-state index < -0.39 is 10.0 Å². The number of nitrogens with two attached hydrogens (primary N) is 1. The van der Waals surface area contributed by atoms with Crippen LogP contribution in [0.1, 0.15) is 16.1 Å². The summed E-state index contributed by atoms with van der Waals surface area (Å²) in [4.78, 5) is 17.1. The maximum Gasteiger partial charge on any atom is 0.280 e. The molecule has 9 nitrogen and oxygen atoms in total. The Bertz CT molecular complexity index is 1400. The van der Waals surface area contributed by atoms with Gasteiger partial charge in [0.1, 0.15) is 11.4 Å². The molecule has 2 aromatic heterocycles. The molecule has 0 aliphatic rings. The van der Waals surface area contributed by atoms with Crippen LogP contribution < -0.4 is 5.14 Å². The number of carbonyl (C=O) groups is 1. The normalized spacial score (nSPS) is 11.7. The van der Waals surface area contributed by atoms with E-state index in [1.54, 1.807) is 25.3 Å². The second kappa shape index (κ2) is 8.61. The predicted molar refractivity (Wildman–Crippen MR) is 118 cm³/mol. The van der Waals surface area contributed by atoms with Crippen molar-refractivity contribution in [2.75, 3.05) is 0 Å². The molecule has 4 rings (SSSR count). The summed E-state index contributed by atoms with van der Waals surface area (Å²) in [6.45, 7) is 1.73. The molecule has 160 valence electrons. The topological polar surface area (TPSA) is 133 Å². The van der Waals surface area contributed by atoms with Crippen LogP contribution in [-0.2, 0) is 10.0 Å². The van der Waals surface area contributed by atoms with Crippen LogP contribution >= 0.6 is 0 Å². The third-order valence-corrected chi connectivity index (χ3v) is 5.54. The minimum absolute atomic E-state index is 0.0208.